The Hall–Kier alpha value is -3.29. The van der Waals surface area contributed by atoms with Gasteiger partial charge in [0, 0.05) is 18.7 Å². The molecule has 3 aliphatic rings. The van der Waals surface area contributed by atoms with Gasteiger partial charge in [-0.2, -0.15) is 5.10 Å². The van der Waals surface area contributed by atoms with Crippen molar-refractivity contribution in [1.82, 2.24) is 14.7 Å². The first kappa shape index (κ1) is 19.7. The summed E-state index contributed by atoms with van der Waals surface area (Å²) in [5.41, 5.74) is 13.6. The Morgan fingerprint density at radius 2 is 1.94 bits per heavy atom. The normalized spacial score (nSPS) is 24.8. The van der Waals surface area contributed by atoms with Gasteiger partial charge in [0.25, 0.3) is 5.91 Å². The fourth-order valence-electron chi connectivity index (χ4n) is 4.94. The summed E-state index contributed by atoms with van der Waals surface area (Å²) >= 11 is 0. The van der Waals surface area contributed by atoms with Crippen molar-refractivity contribution in [2.24, 2.45) is 11.1 Å². The predicted octanol–water partition coefficient (Wildman–Crippen LogP) is 2.51. The smallest absolute Gasteiger partial charge is 0.254 e. The third kappa shape index (κ3) is 3.45. The van der Waals surface area contributed by atoms with E-state index in [0.29, 0.717) is 17.6 Å². The highest BCUT2D eigenvalue weighted by Gasteiger charge is 2.50. The van der Waals surface area contributed by atoms with Crippen LogP contribution in [0.3, 0.4) is 0 Å². The van der Waals surface area contributed by atoms with Gasteiger partial charge in [0.05, 0.1) is 12.1 Å². The summed E-state index contributed by atoms with van der Waals surface area (Å²) in [6.07, 6.45) is 6.57. The van der Waals surface area contributed by atoms with Gasteiger partial charge in [-0.25, -0.2) is 4.68 Å². The zero-order chi connectivity index (χ0) is 21.8. The molecule has 2 aromatic rings. The summed E-state index contributed by atoms with van der Waals surface area (Å²) in [5.74, 6) is 0.499. The van der Waals surface area contributed by atoms with Crippen molar-refractivity contribution in [1.29, 1.82) is 0 Å². The molecular formula is C23H27N5O3. The lowest BCUT2D eigenvalue weighted by atomic mass is 9.65. The number of anilines is 1. The molecule has 162 valence electrons. The Balaban J connectivity index is 1.37. The average molecular weight is 422 g/mol. The van der Waals surface area contributed by atoms with Crippen LogP contribution in [0.25, 0.3) is 11.3 Å². The van der Waals surface area contributed by atoms with Gasteiger partial charge in [-0.15, -0.1) is 0 Å². The maximum atomic E-state index is 12.2. The first-order chi connectivity index (χ1) is 14.9. The van der Waals surface area contributed by atoms with Gasteiger partial charge < -0.3 is 21.1 Å². The van der Waals surface area contributed by atoms with E-state index < -0.39 is 5.91 Å². The van der Waals surface area contributed by atoms with E-state index in [9.17, 15) is 9.59 Å². The van der Waals surface area contributed by atoms with E-state index in [1.807, 2.05) is 29.2 Å². The van der Waals surface area contributed by atoms with E-state index in [1.165, 1.54) is 6.08 Å². The van der Waals surface area contributed by atoms with Crippen LogP contribution in [0.2, 0.25) is 0 Å². The second-order valence-corrected chi connectivity index (χ2v) is 9.04. The van der Waals surface area contributed by atoms with Crippen molar-refractivity contribution in [3.05, 3.63) is 42.5 Å². The monoisotopic (exact) mass is 421 g/mol. The van der Waals surface area contributed by atoms with Crippen LogP contribution < -0.4 is 16.2 Å². The Kier molecular flexibility index (Phi) is 4.53. The highest BCUT2D eigenvalue weighted by atomic mass is 16.5. The number of carbonyl (C=O) groups is 2. The molecule has 2 amide bonds. The number of carbonyl (C=O) groups excluding carboxylic acids is 2. The van der Waals surface area contributed by atoms with Crippen LogP contribution in [-0.2, 0) is 4.79 Å². The largest absolute Gasteiger partial charge is 0.490 e. The van der Waals surface area contributed by atoms with Crippen LogP contribution in [0, 0.1) is 5.41 Å². The van der Waals surface area contributed by atoms with Crippen molar-refractivity contribution in [3.63, 3.8) is 0 Å². The third-order valence-corrected chi connectivity index (χ3v) is 6.76. The molecule has 2 aliphatic carbocycles. The summed E-state index contributed by atoms with van der Waals surface area (Å²) in [7, 11) is 0. The molecule has 1 aromatic carbocycles. The summed E-state index contributed by atoms with van der Waals surface area (Å²) in [6.45, 7) is 5.06. The lowest BCUT2D eigenvalue weighted by Gasteiger charge is -2.45. The van der Waals surface area contributed by atoms with Gasteiger partial charge in [0.2, 0.25) is 5.91 Å². The van der Waals surface area contributed by atoms with Gasteiger partial charge in [-0.05, 0) is 67.9 Å². The molecule has 8 heteroatoms. The Morgan fingerprint density at radius 1 is 1.23 bits per heavy atom. The second-order valence-electron chi connectivity index (χ2n) is 9.04. The van der Waals surface area contributed by atoms with Crippen molar-refractivity contribution in [2.75, 3.05) is 18.8 Å². The number of hydrogen-bond acceptors (Lipinski definition) is 5. The summed E-state index contributed by atoms with van der Waals surface area (Å²) < 4.78 is 7.54. The number of aromatic nitrogens is 2. The lowest BCUT2D eigenvalue weighted by molar-refractivity contribution is -0.125. The molecule has 0 bridgehead atoms. The topological polar surface area (TPSA) is 116 Å². The van der Waals surface area contributed by atoms with E-state index in [1.54, 1.807) is 4.68 Å². The average Bonchev–Trinajstić information content (AvgIpc) is 3.31. The van der Waals surface area contributed by atoms with Gasteiger partial charge in [-0.3, -0.25) is 9.59 Å². The van der Waals surface area contributed by atoms with Gasteiger partial charge in [0.15, 0.2) is 0 Å². The van der Waals surface area contributed by atoms with Crippen LogP contribution in [0.15, 0.2) is 36.9 Å². The van der Waals surface area contributed by atoms with E-state index in [-0.39, 0.29) is 22.9 Å². The van der Waals surface area contributed by atoms with Crippen molar-refractivity contribution >= 4 is 17.6 Å². The van der Waals surface area contributed by atoms with Gasteiger partial charge >= 0.3 is 0 Å². The molecule has 0 atom stereocenters. The molecule has 0 unspecified atom stereocenters. The Morgan fingerprint density at radius 3 is 2.55 bits per heavy atom. The minimum Gasteiger partial charge on any atom is -0.490 e. The molecule has 2 heterocycles. The molecule has 1 saturated heterocycles. The van der Waals surface area contributed by atoms with Crippen LogP contribution in [0.5, 0.6) is 5.75 Å². The molecule has 1 aliphatic heterocycles. The number of hydrogen-bond donors (Lipinski definition) is 2. The predicted molar refractivity (Wildman–Crippen MR) is 116 cm³/mol. The van der Waals surface area contributed by atoms with E-state index >= 15 is 0 Å². The molecule has 31 heavy (non-hydrogen) atoms. The second kappa shape index (κ2) is 7.14. The first-order valence-corrected chi connectivity index (χ1v) is 10.8. The number of benzene rings is 1. The standard InChI is InChI=1S/C23H27N5O3/c1-2-18(29)27-10-9-23(13-27)11-15(12-23)28-21(24)19(22(25)30)20(26-28)14-3-5-16(6-4-14)31-17-7-8-17/h2-6,15,17H,1,7-13,24H2,(H2,25,30). The summed E-state index contributed by atoms with van der Waals surface area (Å²) in [4.78, 5) is 26.0. The zero-order valence-corrected chi connectivity index (χ0v) is 17.4. The fourth-order valence-corrected chi connectivity index (χ4v) is 4.94. The van der Waals surface area contributed by atoms with E-state index in [4.69, 9.17) is 21.3 Å². The summed E-state index contributed by atoms with van der Waals surface area (Å²) in [6, 6.07) is 7.62. The molecule has 0 radical (unpaired) electrons. The van der Waals surface area contributed by atoms with Crippen LogP contribution >= 0.6 is 0 Å². The molecule has 1 spiro atoms. The minimum atomic E-state index is -0.588. The van der Waals surface area contributed by atoms with E-state index in [2.05, 4.69) is 6.58 Å². The number of nitrogens with two attached hydrogens (primary N) is 2. The maximum absolute atomic E-state index is 12.2. The number of nitrogens with zero attached hydrogens (tertiary/aromatic N) is 3. The quantitative estimate of drug-likeness (QED) is 0.695. The van der Waals surface area contributed by atoms with Crippen LogP contribution in [-0.4, -0.2) is 45.7 Å². The van der Waals surface area contributed by atoms with Crippen LogP contribution in [0.1, 0.15) is 48.5 Å². The van der Waals surface area contributed by atoms with Crippen molar-refractivity contribution in [2.45, 2.75) is 44.2 Å². The maximum Gasteiger partial charge on any atom is 0.254 e. The number of rotatable bonds is 6. The molecule has 2 saturated carbocycles. The minimum absolute atomic E-state index is 0.0219. The van der Waals surface area contributed by atoms with Crippen molar-refractivity contribution in [3.8, 4) is 17.0 Å². The highest BCUT2D eigenvalue weighted by molar-refractivity contribution is 6.03. The van der Waals surface area contributed by atoms with Crippen LogP contribution in [0.4, 0.5) is 5.82 Å². The number of likely N-dealkylation sites (tertiary alicyclic amines) is 1. The summed E-state index contributed by atoms with van der Waals surface area (Å²) in [5, 5.41) is 4.70. The molecule has 3 fully saturated rings. The number of nitrogen functional groups attached to an aromatic ring is 1. The van der Waals surface area contributed by atoms with E-state index in [0.717, 1.165) is 56.5 Å². The van der Waals surface area contributed by atoms with Crippen molar-refractivity contribution < 1.29 is 14.3 Å². The van der Waals surface area contributed by atoms with Gasteiger partial charge in [-0.1, -0.05) is 6.58 Å². The molecule has 4 N–H and O–H groups in total. The molecule has 5 rings (SSSR count). The SMILES string of the molecule is C=CC(=O)N1CCC2(CC(n3nc(-c4ccc(OC5CC5)cc4)c(C(N)=O)c3N)C2)C1. The molecule has 8 nitrogen and oxygen atoms in total. The number of primary amides is 1. The Bertz CT molecular complexity index is 1050. The fraction of sp³-hybridized carbons (Fsp3) is 0.435. The first-order valence-electron chi connectivity index (χ1n) is 10.8. The Labute approximate surface area is 180 Å². The number of amides is 2. The number of ether oxygens (including phenoxy) is 1. The van der Waals surface area contributed by atoms with Gasteiger partial charge in [0.1, 0.15) is 22.8 Å². The molecular weight excluding hydrogens is 394 g/mol. The highest BCUT2D eigenvalue weighted by Crippen LogP contribution is 2.54. The zero-order valence-electron chi connectivity index (χ0n) is 17.4. The lowest BCUT2D eigenvalue weighted by Crippen LogP contribution is -2.42. The third-order valence-electron chi connectivity index (χ3n) is 6.76. The molecule has 1 aromatic heterocycles.